The highest BCUT2D eigenvalue weighted by atomic mass is 32.2. The van der Waals surface area contributed by atoms with E-state index >= 15 is 0 Å². The lowest BCUT2D eigenvalue weighted by molar-refractivity contribution is 0.572. The molecular weight excluding hydrogens is 354 g/mol. The Hall–Kier alpha value is -2.43. The van der Waals surface area contributed by atoms with E-state index in [1.165, 1.54) is 11.1 Å². The topological polar surface area (TPSA) is 46.2 Å². The summed E-state index contributed by atoms with van der Waals surface area (Å²) in [4.78, 5) is 0.316. The Kier molecular flexibility index (Phi) is 6.43. The van der Waals surface area contributed by atoms with Crippen LogP contribution in [0.2, 0.25) is 0 Å². The van der Waals surface area contributed by atoms with Crippen molar-refractivity contribution in [1.29, 1.82) is 0 Å². The van der Waals surface area contributed by atoms with Gasteiger partial charge < -0.3 is 0 Å². The summed E-state index contributed by atoms with van der Waals surface area (Å²) < 4.78 is 27.6. The van der Waals surface area contributed by atoms with Gasteiger partial charge in [0.2, 0.25) is 10.0 Å². The standard InChI is InChI=1S/C23H25NO2S/c1-19-14-16-22(17-15-19)27(25,26)24-18-8-13-23(20-9-4-2-5-10-20)21-11-6-3-7-12-21/h2-7,9-12,14-17,23-24H,8,13,18H2,1H3. The predicted octanol–water partition coefficient (Wildman–Crippen LogP) is 4.89. The van der Waals surface area contributed by atoms with Crippen LogP contribution >= 0.6 is 0 Å². The molecule has 0 aliphatic carbocycles. The number of aryl methyl sites for hydroxylation is 1. The van der Waals surface area contributed by atoms with Gasteiger partial charge in [-0.3, -0.25) is 0 Å². The van der Waals surface area contributed by atoms with E-state index in [9.17, 15) is 8.42 Å². The Morgan fingerprint density at radius 1 is 0.778 bits per heavy atom. The monoisotopic (exact) mass is 379 g/mol. The number of nitrogens with one attached hydrogen (secondary N) is 1. The minimum absolute atomic E-state index is 0.260. The third kappa shape index (κ3) is 5.28. The molecule has 0 saturated carbocycles. The fourth-order valence-corrected chi connectivity index (χ4v) is 4.28. The molecule has 0 radical (unpaired) electrons. The van der Waals surface area contributed by atoms with Crippen molar-refractivity contribution in [2.24, 2.45) is 0 Å². The first kappa shape index (κ1) is 19.3. The average Bonchev–Trinajstić information content (AvgIpc) is 2.69. The number of hydrogen-bond donors (Lipinski definition) is 1. The summed E-state index contributed by atoms with van der Waals surface area (Å²) in [7, 11) is -3.45. The van der Waals surface area contributed by atoms with Crippen LogP contribution < -0.4 is 4.72 Å². The van der Waals surface area contributed by atoms with Crippen molar-refractivity contribution in [3.8, 4) is 0 Å². The van der Waals surface area contributed by atoms with Crippen molar-refractivity contribution in [1.82, 2.24) is 4.72 Å². The molecule has 0 fully saturated rings. The van der Waals surface area contributed by atoms with E-state index in [1.54, 1.807) is 12.1 Å². The number of benzene rings is 3. The highest BCUT2D eigenvalue weighted by Crippen LogP contribution is 2.28. The molecule has 0 saturated heterocycles. The second-order valence-electron chi connectivity index (χ2n) is 6.73. The minimum Gasteiger partial charge on any atom is -0.211 e. The van der Waals surface area contributed by atoms with Crippen LogP contribution in [0.5, 0.6) is 0 Å². The van der Waals surface area contributed by atoms with Gasteiger partial charge in [-0.05, 0) is 43.0 Å². The SMILES string of the molecule is Cc1ccc(S(=O)(=O)NCCCC(c2ccccc2)c2ccccc2)cc1. The molecule has 0 spiro atoms. The summed E-state index contributed by atoms with van der Waals surface area (Å²) in [6.07, 6.45) is 1.64. The van der Waals surface area contributed by atoms with Crippen LogP contribution in [0.1, 0.15) is 35.4 Å². The van der Waals surface area contributed by atoms with Gasteiger partial charge >= 0.3 is 0 Å². The van der Waals surface area contributed by atoms with Crippen molar-refractivity contribution in [3.63, 3.8) is 0 Å². The summed E-state index contributed by atoms with van der Waals surface area (Å²) in [5, 5.41) is 0. The molecule has 0 bridgehead atoms. The van der Waals surface area contributed by atoms with Gasteiger partial charge in [0.15, 0.2) is 0 Å². The largest absolute Gasteiger partial charge is 0.240 e. The molecule has 3 aromatic rings. The molecule has 3 rings (SSSR count). The van der Waals surface area contributed by atoms with E-state index in [-0.39, 0.29) is 5.92 Å². The van der Waals surface area contributed by atoms with Crippen molar-refractivity contribution in [2.75, 3.05) is 6.54 Å². The van der Waals surface area contributed by atoms with Crippen LogP contribution in [0.25, 0.3) is 0 Å². The second kappa shape index (κ2) is 8.98. The zero-order chi connectivity index (χ0) is 19.1. The lowest BCUT2D eigenvalue weighted by atomic mass is 9.87. The Morgan fingerprint density at radius 3 is 1.81 bits per heavy atom. The van der Waals surface area contributed by atoms with Crippen LogP contribution in [-0.4, -0.2) is 15.0 Å². The fraction of sp³-hybridized carbons (Fsp3) is 0.217. The number of hydrogen-bond acceptors (Lipinski definition) is 2. The van der Waals surface area contributed by atoms with Crippen molar-refractivity contribution < 1.29 is 8.42 Å². The zero-order valence-corrected chi connectivity index (χ0v) is 16.3. The molecular formula is C23H25NO2S. The van der Waals surface area contributed by atoms with Gasteiger partial charge in [0.1, 0.15) is 0 Å². The van der Waals surface area contributed by atoms with Gasteiger partial charge in [-0.1, -0.05) is 78.4 Å². The first-order valence-corrected chi connectivity index (χ1v) is 10.7. The van der Waals surface area contributed by atoms with Gasteiger partial charge in [-0.25, -0.2) is 13.1 Å². The lowest BCUT2D eigenvalue weighted by Crippen LogP contribution is -2.25. The van der Waals surface area contributed by atoms with Crippen molar-refractivity contribution in [3.05, 3.63) is 102 Å². The van der Waals surface area contributed by atoms with Gasteiger partial charge in [0.25, 0.3) is 0 Å². The Bertz CT molecular complexity index is 897. The Labute approximate surface area is 162 Å². The van der Waals surface area contributed by atoms with Crippen molar-refractivity contribution >= 4 is 10.0 Å². The summed E-state index contributed by atoms with van der Waals surface area (Å²) in [5.41, 5.74) is 3.55. The first-order chi connectivity index (χ1) is 13.1. The highest BCUT2D eigenvalue weighted by Gasteiger charge is 2.16. The summed E-state index contributed by atoms with van der Waals surface area (Å²) in [6.45, 7) is 2.36. The molecule has 0 atom stereocenters. The molecule has 0 heterocycles. The van der Waals surface area contributed by atoms with E-state index < -0.39 is 10.0 Å². The van der Waals surface area contributed by atoms with Crippen LogP contribution in [0.15, 0.2) is 89.8 Å². The normalized spacial score (nSPS) is 11.6. The molecule has 3 nitrogen and oxygen atoms in total. The second-order valence-corrected chi connectivity index (χ2v) is 8.49. The predicted molar refractivity (Wildman–Crippen MR) is 110 cm³/mol. The van der Waals surface area contributed by atoms with Crippen LogP contribution in [0.4, 0.5) is 0 Å². The minimum atomic E-state index is -3.45. The van der Waals surface area contributed by atoms with E-state index in [0.717, 1.165) is 18.4 Å². The van der Waals surface area contributed by atoms with E-state index in [4.69, 9.17) is 0 Å². The highest BCUT2D eigenvalue weighted by molar-refractivity contribution is 7.89. The van der Waals surface area contributed by atoms with Crippen LogP contribution in [0, 0.1) is 6.92 Å². The molecule has 0 amide bonds. The van der Waals surface area contributed by atoms with E-state index in [2.05, 4.69) is 29.0 Å². The molecule has 0 unspecified atom stereocenters. The maximum absolute atomic E-state index is 12.4. The van der Waals surface area contributed by atoms with E-state index in [0.29, 0.717) is 11.4 Å². The summed E-state index contributed by atoms with van der Waals surface area (Å²) in [6, 6.07) is 27.7. The third-order valence-electron chi connectivity index (χ3n) is 4.70. The number of sulfonamides is 1. The van der Waals surface area contributed by atoms with Crippen molar-refractivity contribution in [2.45, 2.75) is 30.6 Å². The lowest BCUT2D eigenvalue weighted by Gasteiger charge is -2.18. The van der Waals surface area contributed by atoms with E-state index in [1.807, 2.05) is 55.5 Å². The molecule has 0 aliphatic rings. The average molecular weight is 380 g/mol. The van der Waals surface area contributed by atoms with Gasteiger partial charge in [-0.2, -0.15) is 0 Å². The summed E-state index contributed by atoms with van der Waals surface area (Å²) in [5.74, 6) is 0.260. The Balaban J connectivity index is 1.64. The quantitative estimate of drug-likeness (QED) is 0.567. The van der Waals surface area contributed by atoms with Gasteiger partial charge in [0, 0.05) is 12.5 Å². The molecule has 3 aromatic carbocycles. The van der Waals surface area contributed by atoms with Crippen LogP contribution in [0.3, 0.4) is 0 Å². The molecule has 140 valence electrons. The zero-order valence-electron chi connectivity index (χ0n) is 15.5. The Morgan fingerprint density at radius 2 is 1.30 bits per heavy atom. The summed E-state index contributed by atoms with van der Waals surface area (Å²) >= 11 is 0. The maximum atomic E-state index is 12.4. The maximum Gasteiger partial charge on any atom is 0.240 e. The van der Waals surface area contributed by atoms with Crippen LogP contribution in [-0.2, 0) is 10.0 Å². The molecule has 4 heteroatoms. The van der Waals surface area contributed by atoms with Gasteiger partial charge in [-0.15, -0.1) is 0 Å². The fourth-order valence-electron chi connectivity index (χ4n) is 3.21. The first-order valence-electron chi connectivity index (χ1n) is 9.22. The molecule has 0 aliphatic heterocycles. The third-order valence-corrected chi connectivity index (χ3v) is 6.17. The molecule has 0 aromatic heterocycles. The number of rotatable bonds is 8. The molecule has 27 heavy (non-hydrogen) atoms. The molecule has 1 N–H and O–H groups in total. The smallest absolute Gasteiger partial charge is 0.211 e. The van der Waals surface area contributed by atoms with Gasteiger partial charge in [0.05, 0.1) is 4.90 Å².